The second-order valence-corrected chi connectivity index (χ2v) is 5.99. The van der Waals surface area contributed by atoms with Crippen molar-refractivity contribution >= 4 is 17.5 Å². The van der Waals surface area contributed by atoms with E-state index >= 15 is 0 Å². The first-order valence-electron chi connectivity index (χ1n) is 7.57. The summed E-state index contributed by atoms with van der Waals surface area (Å²) in [5, 5.41) is 0. The van der Waals surface area contributed by atoms with E-state index in [1.54, 1.807) is 4.90 Å². The maximum absolute atomic E-state index is 12.6. The monoisotopic (exact) mass is 297 g/mol. The number of carbonyl (C=O) groups excluding carboxylic acids is 1. The van der Waals surface area contributed by atoms with Gasteiger partial charge in [0.15, 0.2) is 0 Å². The third kappa shape index (κ3) is 4.10. The Balaban J connectivity index is 2.39. The SMILES string of the molecule is Cc1cc(C)cc(N(C(=O)OCC(C)C)c2ccccc2)c1. The van der Waals surface area contributed by atoms with E-state index in [0.717, 1.165) is 22.5 Å². The molecule has 116 valence electrons. The van der Waals surface area contributed by atoms with Crippen molar-refractivity contribution in [3.63, 3.8) is 0 Å². The van der Waals surface area contributed by atoms with E-state index in [0.29, 0.717) is 12.5 Å². The van der Waals surface area contributed by atoms with Crippen LogP contribution in [0.15, 0.2) is 48.5 Å². The molecule has 0 unspecified atom stereocenters. The number of rotatable bonds is 4. The Bertz CT molecular complexity index is 615. The molecule has 0 N–H and O–H groups in total. The van der Waals surface area contributed by atoms with Gasteiger partial charge in [-0.05, 0) is 55.2 Å². The van der Waals surface area contributed by atoms with Crippen LogP contribution in [0.3, 0.4) is 0 Å². The van der Waals surface area contributed by atoms with E-state index in [1.165, 1.54) is 0 Å². The Labute approximate surface area is 132 Å². The Morgan fingerprint density at radius 2 is 1.59 bits per heavy atom. The lowest BCUT2D eigenvalue weighted by Gasteiger charge is -2.23. The van der Waals surface area contributed by atoms with Crippen LogP contribution in [0, 0.1) is 19.8 Å². The van der Waals surface area contributed by atoms with E-state index in [4.69, 9.17) is 4.74 Å². The van der Waals surface area contributed by atoms with E-state index in [1.807, 2.05) is 70.2 Å². The molecule has 2 aromatic rings. The second kappa shape index (κ2) is 7.12. The number of hydrogen-bond acceptors (Lipinski definition) is 2. The van der Waals surface area contributed by atoms with Crippen LogP contribution in [0.2, 0.25) is 0 Å². The predicted octanol–water partition coefficient (Wildman–Crippen LogP) is 5.23. The summed E-state index contributed by atoms with van der Waals surface area (Å²) < 4.78 is 5.44. The van der Waals surface area contributed by atoms with Crippen LogP contribution in [-0.2, 0) is 4.74 Å². The zero-order valence-electron chi connectivity index (χ0n) is 13.7. The molecular weight excluding hydrogens is 274 g/mol. The Kier molecular flexibility index (Phi) is 5.21. The topological polar surface area (TPSA) is 29.5 Å². The number of hydrogen-bond donors (Lipinski definition) is 0. The molecule has 0 aliphatic rings. The minimum absolute atomic E-state index is 0.306. The number of amides is 1. The highest BCUT2D eigenvalue weighted by molar-refractivity contribution is 5.96. The van der Waals surface area contributed by atoms with Crippen molar-refractivity contribution in [1.82, 2.24) is 0 Å². The number of anilines is 2. The zero-order chi connectivity index (χ0) is 16.1. The van der Waals surface area contributed by atoms with Crippen LogP contribution in [0.4, 0.5) is 16.2 Å². The van der Waals surface area contributed by atoms with Gasteiger partial charge in [-0.2, -0.15) is 0 Å². The normalized spacial score (nSPS) is 10.6. The summed E-state index contributed by atoms with van der Waals surface area (Å²) in [6, 6.07) is 15.7. The summed E-state index contributed by atoms with van der Waals surface area (Å²) in [5.41, 5.74) is 3.87. The highest BCUT2D eigenvalue weighted by Gasteiger charge is 2.20. The lowest BCUT2D eigenvalue weighted by Crippen LogP contribution is -2.28. The van der Waals surface area contributed by atoms with E-state index < -0.39 is 0 Å². The highest BCUT2D eigenvalue weighted by atomic mass is 16.6. The summed E-state index contributed by atoms with van der Waals surface area (Å²) in [5.74, 6) is 0.306. The third-order valence-electron chi connectivity index (χ3n) is 3.20. The van der Waals surface area contributed by atoms with Crippen LogP contribution >= 0.6 is 0 Å². The van der Waals surface area contributed by atoms with Gasteiger partial charge in [0.25, 0.3) is 0 Å². The molecule has 0 aliphatic heterocycles. The van der Waals surface area contributed by atoms with Crippen molar-refractivity contribution in [2.24, 2.45) is 5.92 Å². The highest BCUT2D eigenvalue weighted by Crippen LogP contribution is 2.28. The average molecular weight is 297 g/mol. The molecule has 1 amide bonds. The summed E-state index contributed by atoms with van der Waals surface area (Å²) in [4.78, 5) is 14.2. The first-order valence-corrected chi connectivity index (χ1v) is 7.57. The Hall–Kier alpha value is -2.29. The maximum Gasteiger partial charge on any atom is 0.418 e. The summed E-state index contributed by atoms with van der Waals surface area (Å²) in [6.07, 6.45) is -0.343. The molecule has 22 heavy (non-hydrogen) atoms. The van der Waals surface area contributed by atoms with E-state index in [-0.39, 0.29) is 6.09 Å². The van der Waals surface area contributed by atoms with Crippen molar-refractivity contribution in [3.8, 4) is 0 Å². The molecule has 0 fully saturated rings. The fraction of sp³-hybridized carbons (Fsp3) is 0.316. The second-order valence-electron chi connectivity index (χ2n) is 5.99. The van der Waals surface area contributed by atoms with Crippen LogP contribution in [0.25, 0.3) is 0 Å². The molecule has 0 aromatic heterocycles. The molecule has 0 aliphatic carbocycles. The predicted molar refractivity (Wildman–Crippen MR) is 90.7 cm³/mol. The minimum atomic E-state index is -0.343. The van der Waals surface area contributed by atoms with Crippen molar-refractivity contribution in [2.45, 2.75) is 27.7 Å². The molecule has 0 saturated carbocycles. The Morgan fingerprint density at radius 3 is 2.14 bits per heavy atom. The van der Waals surface area contributed by atoms with Crippen LogP contribution in [0.5, 0.6) is 0 Å². The lowest BCUT2D eigenvalue weighted by atomic mass is 10.1. The molecule has 2 rings (SSSR count). The van der Waals surface area contributed by atoms with E-state index in [9.17, 15) is 4.79 Å². The minimum Gasteiger partial charge on any atom is -0.449 e. The number of aryl methyl sites for hydroxylation is 2. The van der Waals surface area contributed by atoms with Crippen molar-refractivity contribution in [1.29, 1.82) is 0 Å². The molecule has 0 saturated heterocycles. The zero-order valence-corrected chi connectivity index (χ0v) is 13.7. The van der Waals surface area contributed by atoms with Gasteiger partial charge in [-0.15, -0.1) is 0 Å². The quantitative estimate of drug-likeness (QED) is 0.773. The number of nitrogens with zero attached hydrogens (tertiary/aromatic N) is 1. The van der Waals surface area contributed by atoms with Gasteiger partial charge in [0.2, 0.25) is 0 Å². The van der Waals surface area contributed by atoms with Crippen molar-refractivity contribution in [2.75, 3.05) is 11.5 Å². The molecule has 0 bridgehead atoms. The molecule has 0 radical (unpaired) electrons. The third-order valence-corrected chi connectivity index (χ3v) is 3.20. The van der Waals surface area contributed by atoms with Gasteiger partial charge in [0.05, 0.1) is 18.0 Å². The fourth-order valence-corrected chi connectivity index (χ4v) is 2.32. The van der Waals surface area contributed by atoms with Crippen LogP contribution in [0.1, 0.15) is 25.0 Å². The number of benzene rings is 2. The van der Waals surface area contributed by atoms with Crippen LogP contribution in [-0.4, -0.2) is 12.7 Å². The molecule has 3 nitrogen and oxygen atoms in total. The molecule has 0 heterocycles. The van der Waals surface area contributed by atoms with Gasteiger partial charge in [0, 0.05) is 0 Å². The van der Waals surface area contributed by atoms with Gasteiger partial charge in [-0.25, -0.2) is 9.69 Å². The maximum atomic E-state index is 12.6. The molecule has 0 atom stereocenters. The standard InChI is InChI=1S/C19H23NO2/c1-14(2)13-22-19(21)20(17-8-6-5-7-9-17)18-11-15(3)10-16(4)12-18/h5-12,14H,13H2,1-4H3. The first kappa shape index (κ1) is 16.1. The van der Waals surface area contributed by atoms with Crippen LogP contribution < -0.4 is 4.90 Å². The number of para-hydroxylation sites is 1. The van der Waals surface area contributed by atoms with Gasteiger partial charge in [-0.1, -0.05) is 38.1 Å². The van der Waals surface area contributed by atoms with Crippen molar-refractivity contribution in [3.05, 3.63) is 59.7 Å². The fourth-order valence-electron chi connectivity index (χ4n) is 2.32. The van der Waals surface area contributed by atoms with Gasteiger partial charge in [0.1, 0.15) is 0 Å². The largest absolute Gasteiger partial charge is 0.449 e. The van der Waals surface area contributed by atoms with Gasteiger partial charge >= 0.3 is 6.09 Å². The van der Waals surface area contributed by atoms with E-state index in [2.05, 4.69) is 6.07 Å². The number of ether oxygens (including phenoxy) is 1. The summed E-state index contributed by atoms with van der Waals surface area (Å²) in [6.45, 7) is 8.51. The Morgan fingerprint density at radius 1 is 1.00 bits per heavy atom. The summed E-state index contributed by atoms with van der Waals surface area (Å²) >= 11 is 0. The molecule has 2 aromatic carbocycles. The molecule has 0 spiro atoms. The number of carbonyl (C=O) groups is 1. The van der Waals surface area contributed by atoms with Gasteiger partial charge in [-0.3, -0.25) is 0 Å². The smallest absolute Gasteiger partial charge is 0.418 e. The first-order chi connectivity index (χ1) is 10.5. The lowest BCUT2D eigenvalue weighted by molar-refractivity contribution is 0.143. The summed E-state index contributed by atoms with van der Waals surface area (Å²) in [7, 11) is 0. The molecule has 3 heteroatoms. The van der Waals surface area contributed by atoms with Gasteiger partial charge < -0.3 is 4.74 Å². The van der Waals surface area contributed by atoms with Crippen molar-refractivity contribution < 1.29 is 9.53 Å². The molecular formula is C19H23NO2. The average Bonchev–Trinajstić information content (AvgIpc) is 2.45.